The minimum atomic E-state index is -0.973. The van der Waals surface area contributed by atoms with Crippen LogP contribution in [-0.2, 0) is 0 Å². The van der Waals surface area contributed by atoms with Crippen LogP contribution in [0.5, 0.6) is 11.8 Å². The Kier molecular flexibility index (Phi) is 4.24. The summed E-state index contributed by atoms with van der Waals surface area (Å²) in [6.45, 7) is 1.88. The van der Waals surface area contributed by atoms with Crippen molar-refractivity contribution in [2.45, 2.75) is 13.0 Å². The number of methoxy groups -OCH3 is 2. The maximum absolute atomic E-state index is 10.4. The summed E-state index contributed by atoms with van der Waals surface area (Å²) in [7, 11) is 2.94. The van der Waals surface area contributed by atoms with Crippen LogP contribution in [0, 0.1) is 6.92 Å². The average molecular weight is 301 g/mol. The van der Waals surface area contributed by atoms with Crippen LogP contribution in [-0.4, -0.2) is 29.3 Å². The number of ether oxygens (including phenoxy) is 2. The first kappa shape index (κ1) is 14.0. The molecule has 1 atom stereocenters. The molecular formula is C12H13ClN2O3S. The molecule has 0 aromatic carbocycles. The van der Waals surface area contributed by atoms with Gasteiger partial charge in [-0.25, -0.2) is 4.98 Å². The molecule has 0 amide bonds. The van der Waals surface area contributed by atoms with E-state index in [9.17, 15) is 5.11 Å². The van der Waals surface area contributed by atoms with Gasteiger partial charge in [0.2, 0.25) is 11.8 Å². The first-order chi connectivity index (χ1) is 9.08. The van der Waals surface area contributed by atoms with E-state index in [-0.39, 0.29) is 5.88 Å². The average Bonchev–Trinajstić information content (AvgIpc) is 2.77. The van der Waals surface area contributed by atoms with Crippen LogP contribution < -0.4 is 9.47 Å². The van der Waals surface area contributed by atoms with Crippen molar-refractivity contribution in [1.82, 2.24) is 9.97 Å². The topological polar surface area (TPSA) is 64.5 Å². The number of hydrogen-bond acceptors (Lipinski definition) is 6. The summed E-state index contributed by atoms with van der Waals surface area (Å²) in [4.78, 5) is 8.84. The monoisotopic (exact) mass is 300 g/mol. The lowest BCUT2D eigenvalue weighted by molar-refractivity contribution is 0.210. The molecule has 0 fully saturated rings. The molecule has 5 nitrogen and oxygen atoms in total. The second-order valence-corrected chi connectivity index (χ2v) is 5.10. The molecule has 1 N–H and O–H groups in total. The van der Waals surface area contributed by atoms with Crippen molar-refractivity contribution in [3.8, 4) is 11.8 Å². The minimum absolute atomic E-state index is 0.217. The third kappa shape index (κ3) is 2.65. The van der Waals surface area contributed by atoms with E-state index in [0.717, 1.165) is 5.56 Å². The van der Waals surface area contributed by atoms with Crippen molar-refractivity contribution in [1.29, 1.82) is 0 Å². The fourth-order valence-corrected chi connectivity index (χ4v) is 2.84. The minimum Gasteiger partial charge on any atom is -0.480 e. The summed E-state index contributed by atoms with van der Waals surface area (Å²) in [6.07, 6.45) is 0.453. The number of hydrogen-bond donors (Lipinski definition) is 1. The van der Waals surface area contributed by atoms with Crippen LogP contribution in [0.3, 0.4) is 0 Å². The lowest BCUT2D eigenvalue weighted by Crippen LogP contribution is -2.06. The van der Waals surface area contributed by atoms with E-state index in [1.54, 1.807) is 0 Å². The van der Waals surface area contributed by atoms with Crippen molar-refractivity contribution in [3.63, 3.8) is 0 Å². The smallest absolute Gasteiger partial charge is 0.241 e. The Labute approximate surface area is 119 Å². The van der Waals surface area contributed by atoms with Crippen molar-refractivity contribution < 1.29 is 14.6 Å². The number of thiophene rings is 1. The molecule has 0 radical (unpaired) electrons. The van der Waals surface area contributed by atoms with Crippen LogP contribution in [0.4, 0.5) is 0 Å². The number of aliphatic hydroxyl groups excluding tert-OH is 1. The van der Waals surface area contributed by atoms with Gasteiger partial charge in [0, 0.05) is 0 Å². The summed E-state index contributed by atoms with van der Waals surface area (Å²) in [5.74, 6) is 0.537. The van der Waals surface area contributed by atoms with E-state index in [4.69, 9.17) is 21.1 Å². The van der Waals surface area contributed by atoms with Gasteiger partial charge >= 0.3 is 0 Å². The van der Waals surface area contributed by atoms with Gasteiger partial charge in [0.15, 0.2) is 0 Å². The number of aromatic nitrogens is 2. The van der Waals surface area contributed by atoms with Crippen LogP contribution in [0.2, 0.25) is 5.02 Å². The zero-order valence-corrected chi connectivity index (χ0v) is 12.2. The largest absolute Gasteiger partial charge is 0.480 e. The van der Waals surface area contributed by atoms with Gasteiger partial charge in [0.1, 0.15) is 11.8 Å². The second-order valence-electron chi connectivity index (χ2n) is 3.81. The SMILES string of the molecule is COc1cnc(C(O)c2scc(C)c2Cl)c(OC)n1. The van der Waals surface area contributed by atoms with Crippen LogP contribution in [0.25, 0.3) is 0 Å². The molecule has 0 aliphatic heterocycles. The molecule has 19 heavy (non-hydrogen) atoms. The molecule has 2 aromatic heterocycles. The quantitative estimate of drug-likeness (QED) is 0.940. The maximum Gasteiger partial charge on any atom is 0.241 e. The first-order valence-corrected chi connectivity index (χ1v) is 6.70. The highest BCUT2D eigenvalue weighted by Crippen LogP contribution is 2.37. The Hall–Kier alpha value is -1.37. The Bertz CT molecular complexity index is 588. The summed E-state index contributed by atoms with van der Waals surface area (Å²) < 4.78 is 10.1. The predicted octanol–water partition coefficient (Wildman–Crippen LogP) is 2.60. The molecule has 0 spiro atoms. The fraction of sp³-hybridized carbons (Fsp3) is 0.333. The van der Waals surface area contributed by atoms with Crippen molar-refractivity contribution >= 4 is 22.9 Å². The summed E-state index contributed by atoms with van der Waals surface area (Å²) in [5, 5.41) is 12.8. The molecular weight excluding hydrogens is 288 g/mol. The molecule has 1 unspecified atom stereocenters. The highest BCUT2D eigenvalue weighted by atomic mass is 35.5. The third-order valence-corrected chi connectivity index (χ3v) is 4.35. The number of aryl methyl sites for hydroxylation is 1. The summed E-state index contributed by atoms with van der Waals surface area (Å²) in [5.41, 5.74) is 1.23. The van der Waals surface area contributed by atoms with Crippen LogP contribution >= 0.6 is 22.9 Å². The Morgan fingerprint density at radius 1 is 1.37 bits per heavy atom. The number of rotatable bonds is 4. The van der Waals surface area contributed by atoms with Gasteiger partial charge in [-0.1, -0.05) is 11.6 Å². The molecule has 0 aliphatic rings. The predicted molar refractivity (Wildman–Crippen MR) is 73.3 cm³/mol. The summed E-state index contributed by atoms with van der Waals surface area (Å²) in [6, 6.07) is 0. The lowest BCUT2D eigenvalue weighted by atomic mass is 10.2. The van der Waals surface area contributed by atoms with E-state index in [1.807, 2.05) is 12.3 Å². The van der Waals surface area contributed by atoms with Gasteiger partial charge in [-0.15, -0.1) is 11.3 Å². The summed E-state index contributed by atoms with van der Waals surface area (Å²) >= 11 is 7.52. The Morgan fingerprint density at radius 2 is 2.11 bits per heavy atom. The molecule has 2 rings (SSSR count). The van der Waals surface area contributed by atoms with Gasteiger partial charge in [0.25, 0.3) is 0 Å². The van der Waals surface area contributed by atoms with Gasteiger partial charge in [-0.3, -0.25) is 0 Å². The maximum atomic E-state index is 10.4. The molecule has 0 saturated heterocycles. The normalized spacial score (nSPS) is 12.3. The highest BCUT2D eigenvalue weighted by molar-refractivity contribution is 7.10. The van der Waals surface area contributed by atoms with Crippen molar-refractivity contribution in [3.05, 3.63) is 32.7 Å². The number of halogens is 1. The molecule has 0 bridgehead atoms. The first-order valence-electron chi connectivity index (χ1n) is 5.45. The van der Waals surface area contributed by atoms with Crippen molar-refractivity contribution in [2.24, 2.45) is 0 Å². The zero-order chi connectivity index (χ0) is 14.0. The van der Waals surface area contributed by atoms with E-state index in [2.05, 4.69) is 9.97 Å². The number of aliphatic hydroxyl groups is 1. The Morgan fingerprint density at radius 3 is 2.63 bits per heavy atom. The molecule has 2 aromatic rings. The molecule has 0 saturated carbocycles. The molecule has 102 valence electrons. The fourth-order valence-electron chi connectivity index (χ4n) is 1.56. The van der Waals surface area contributed by atoms with E-state index in [1.165, 1.54) is 31.8 Å². The standard InChI is InChI=1S/C12H13ClN2O3S/c1-6-5-19-11(8(6)13)10(16)9-12(18-3)15-7(17-2)4-14-9/h4-5,10,16H,1-3H3. The van der Waals surface area contributed by atoms with Crippen LogP contribution in [0.15, 0.2) is 11.6 Å². The number of nitrogens with zero attached hydrogens (tertiary/aromatic N) is 2. The van der Waals surface area contributed by atoms with Gasteiger partial charge in [-0.05, 0) is 17.9 Å². The van der Waals surface area contributed by atoms with E-state index < -0.39 is 6.10 Å². The second kappa shape index (κ2) is 5.73. The molecule has 0 aliphatic carbocycles. The Balaban J connectivity index is 2.43. The third-order valence-electron chi connectivity index (χ3n) is 2.58. The van der Waals surface area contributed by atoms with E-state index >= 15 is 0 Å². The van der Waals surface area contributed by atoms with Crippen LogP contribution in [0.1, 0.15) is 22.2 Å². The van der Waals surface area contributed by atoms with Gasteiger partial charge in [-0.2, -0.15) is 4.98 Å². The van der Waals surface area contributed by atoms with Gasteiger partial charge < -0.3 is 14.6 Å². The van der Waals surface area contributed by atoms with Crippen molar-refractivity contribution in [2.75, 3.05) is 14.2 Å². The van der Waals surface area contributed by atoms with Gasteiger partial charge in [0.05, 0.1) is 30.3 Å². The molecule has 7 heteroatoms. The van der Waals surface area contributed by atoms with E-state index in [0.29, 0.717) is 21.5 Å². The lowest BCUT2D eigenvalue weighted by Gasteiger charge is -2.12. The zero-order valence-electron chi connectivity index (χ0n) is 10.7. The highest BCUT2D eigenvalue weighted by Gasteiger charge is 2.23. The molecule has 2 heterocycles.